The van der Waals surface area contributed by atoms with E-state index in [1.54, 1.807) is 50.2 Å². The van der Waals surface area contributed by atoms with E-state index in [-0.39, 0.29) is 11.9 Å². The molecule has 1 aromatic carbocycles. The van der Waals surface area contributed by atoms with E-state index in [1.165, 1.54) is 12.0 Å². The Morgan fingerprint density at radius 2 is 1.96 bits per heavy atom. The fourth-order valence-electron chi connectivity index (χ4n) is 3.16. The topological polar surface area (TPSA) is 96.8 Å². The minimum Gasteiger partial charge on any atom is -0.465 e. The van der Waals surface area contributed by atoms with Crippen LogP contribution in [0.25, 0.3) is 0 Å². The minimum absolute atomic E-state index is 0.103. The van der Waals surface area contributed by atoms with Crippen molar-refractivity contribution in [1.82, 2.24) is 19.4 Å². The maximum atomic E-state index is 12.6. The number of aryl methyl sites for hydroxylation is 1. The Bertz CT molecular complexity index is 934. The number of aromatic nitrogens is 2. The van der Waals surface area contributed by atoms with Gasteiger partial charge in [0.05, 0.1) is 24.9 Å². The summed E-state index contributed by atoms with van der Waals surface area (Å²) in [6.45, 7) is 3.02. The fourth-order valence-corrected chi connectivity index (χ4v) is 3.16. The lowest BCUT2D eigenvalue weighted by Gasteiger charge is -2.28. The van der Waals surface area contributed by atoms with Crippen LogP contribution in [0.3, 0.4) is 0 Å². The van der Waals surface area contributed by atoms with Crippen molar-refractivity contribution in [1.29, 1.82) is 0 Å². The summed E-state index contributed by atoms with van der Waals surface area (Å²) in [7, 11) is 4.71. The van der Waals surface area contributed by atoms with Crippen molar-refractivity contribution in [2.75, 3.05) is 33.1 Å². The number of carbonyl (C=O) groups excluding carboxylic acids is 3. The minimum atomic E-state index is -0.468. The molecule has 0 bridgehead atoms. The van der Waals surface area contributed by atoms with Crippen LogP contribution in [0.1, 0.15) is 32.4 Å². The normalized spacial score (nSPS) is 12.9. The Morgan fingerprint density at radius 1 is 1.21 bits per heavy atom. The summed E-state index contributed by atoms with van der Waals surface area (Å²) in [6.07, 6.45) is 0. The van der Waals surface area contributed by atoms with E-state index in [9.17, 15) is 14.4 Å². The van der Waals surface area contributed by atoms with Gasteiger partial charge in [-0.1, -0.05) is 6.07 Å². The largest absolute Gasteiger partial charge is 0.465 e. The molecule has 0 fully saturated rings. The molecule has 0 saturated heterocycles. The number of carbonyl (C=O) groups is 3. The predicted octanol–water partition coefficient (Wildman–Crippen LogP) is 1.73. The van der Waals surface area contributed by atoms with Crippen LogP contribution < -0.4 is 5.32 Å². The van der Waals surface area contributed by atoms with E-state index in [4.69, 9.17) is 4.74 Å². The lowest BCUT2D eigenvalue weighted by Crippen LogP contribution is -2.41. The zero-order valence-corrected chi connectivity index (χ0v) is 16.4. The van der Waals surface area contributed by atoms with Crippen molar-refractivity contribution in [3.8, 4) is 0 Å². The van der Waals surface area contributed by atoms with Crippen LogP contribution in [0.2, 0.25) is 0 Å². The zero-order valence-electron chi connectivity index (χ0n) is 16.4. The first-order valence-corrected chi connectivity index (χ1v) is 8.83. The molecular formula is C19H23N5O4. The van der Waals surface area contributed by atoms with Gasteiger partial charge in [-0.05, 0) is 25.1 Å². The van der Waals surface area contributed by atoms with Gasteiger partial charge in [0.2, 0.25) is 0 Å². The molecule has 1 aliphatic heterocycles. The predicted molar refractivity (Wildman–Crippen MR) is 102 cm³/mol. The molecule has 1 N–H and O–H groups in total. The van der Waals surface area contributed by atoms with E-state index in [1.807, 2.05) is 4.57 Å². The van der Waals surface area contributed by atoms with E-state index < -0.39 is 5.97 Å². The van der Waals surface area contributed by atoms with Gasteiger partial charge < -0.3 is 24.4 Å². The summed E-state index contributed by atoms with van der Waals surface area (Å²) < 4.78 is 6.57. The number of benzene rings is 1. The first kappa shape index (κ1) is 19.4. The Morgan fingerprint density at radius 3 is 2.64 bits per heavy atom. The third-order valence-electron chi connectivity index (χ3n) is 4.58. The van der Waals surface area contributed by atoms with Crippen molar-refractivity contribution in [3.63, 3.8) is 0 Å². The molecule has 2 aromatic rings. The van der Waals surface area contributed by atoms with Crippen LogP contribution in [0, 0.1) is 6.92 Å². The first-order valence-electron chi connectivity index (χ1n) is 8.83. The number of nitrogens with zero attached hydrogens (tertiary/aromatic N) is 4. The summed E-state index contributed by atoms with van der Waals surface area (Å²) >= 11 is 0. The van der Waals surface area contributed by atoms with E-state index in [0.717, 1.165) is 0 Å². The molecule has 28 heavy (non-hydrogen) atoms. The number of hydrogen-bond donors (Lipinski definition) is 1. The SMILES string of the molecule is COC(=O)c1cccc(NC(=O)N2CCn3c(nc(C)c3C(=O)N(C)C)C2)c1. The van der Waals surface area contributed by atoms with Gasteiger partial charge in [-0.15, -0.1) is 0 Å². The van der Waals surface area contributed by atoms with Gasteiger partial charge in [0.15, 0.2) is 0 Å². The van der Waals surface area contributed by atoms with E-state index in [2.05, 4.69) is 10.3 Å². The number of nitrogens with one attached hydrogen (secondary N) is 1. The Balaban J connectivity index is 1.74. The number of fused-ring (bicyclic) bond motifs is 1. The summed E-state index contributed by atoms with van der Waals surface area (Å²) in [5.41, 5.74) is 2.07. The summed E-state index contributed by atoms with van der Waals surface area (Å²) in [5, 5.41) is 2.79. The van der Waals surface area contributed by atoms with Crippen molar-refractivity contribution < 1.29 is 19.1 Å². The molecule has 148 valence electrons. The lowest BCUT2D eigenvalue weighted by atomic mass is 10.2. The maximum absolute atomic E-state index is 12.6. The number of esters is 1. The number of amides is 3. The molecule has 3 amide bonds. The number of rotatable bonds is 3. The van der Waals surface area contributed by atoms with Crippen molar-refractivity contribution >= 4 is 23.6 Å². The average molecular weight is 385 g/mol. The van der Waals surface area contributed by atoms with Gasteiger partial charge in [-0.3, -0.25) is 4.79 Å². The van der Waals surface area contributed by atoms with Gasteiger partial charge in [-0.2, -0.15) is 0 Å². The second kappa shape index (κ2) is 7.71. The number of urea groups is 1. The number of methoxy groups -OCH3 is 1. The van der Waals surface area contributed by atoms with Gasteiger partial charge in [-0.25, -0.2) is 14.6 Å². The van der Waals surface area contributed by atoms with Crippen LogP contribution in [0.4, 0.5) is 10.5 Å². The summed E-state index contributed by atoms with van der Waals surface area (Å²) in [4.78, 5) is 44.3. The second-order valence-corrected chi connectivity index (χ2v) is 6.74. The molecule has 2 heterocycles. The maximum Gasteiger partial charge on any atom is 0.337 e. The number of anilines is 1. The van der Waals surface area contributed by atoms with Crippen molar-refractivity contribution in [2.45, 2.75) is 20.0 Å². The number of imidazole rings is 1. The van der Waals surface area contributed by atoms with E-state index in [0.29, 0.717) is 48.1 Å². The van der Waals surface area contributed by atoms with Crippen LogP contribution in [0.15, 0.2) is 24.3 Å². The van der Waals surface area contributed by atoms with E-state index >= 15 is 0 Å². The summed E-state index contributed by atoms with van der Waals surface area (Å²) in [6, 6.07) is 6.26. The highest BCUT2D eigenvalue weighted by molar-refractivity contribution is 5.94. The third-order valence-corrected chi connectivity index (χ3v) is 4.58. The monoisotopic (exact) mass is 385 g/mol. The summed E-state index contributed by atoms with van der Waals surface area (Å²) in [5.74, 6) is 0.103. The Kier molecular flexibility index (Phi) is 5.34. The quantitative estimate of drug-likeness (QED) is 0.812. The third kappa shape index (κ3) is 3.68. The number of hydrogen-bond acceptors (Lipinski definition) is 5. The van der Waals surface area contributed by atoms with Crippen molar-refractivity contribution in [2.24, 2.45) is 0 Å². The second-order valence-electron chi connectivity index (χ2n) is 6.74. The number of ether oxygens (including phenoxy) is 1. The van der Waals surface area contributed by atoms with Gasteiger partial charge in [0.25, 0.3) is 5.91 Å². The molecule has 9 heteroatoms. The Hall–Kier alpha value is -3.36. The highest BCUT2D eigenvalue weighted by Gasteiger charge is 2.28. The van der Waals surface area contributed by atoms with Crippen LogP contribution in [-0.4, -0.2) is 65.0 Å². The standard InChI is InChI=1S/C19H23N5O4/c1-12-16(17(25)22(2)3)24-9-8-23(11-15(24)20-12)19(27)21-14-7-5-6-13(10-14)18(26)28-4/h5-7,10H,8-9,11H2,1-4H3,(H,21,27). The lowest BCUT2D eigenvalue weighted by molar-refractivity contribution is 0.0600. The molecule has 0 atom stereocenters. The fraction of sp³-hybridized carbons (Fsp3) is 0.368. The van der Waals surface area contributed by atoms with Crippen LogP contribution in [-0.2, 0) is 17.8 Å². The highest BCUT2D eigenvalue weighted by atomic mass is 16.5. The average Bonchev–Trinajstić information content (AvgIpc) is 3.01. The molecular weight excluding hydrogens is 362 g/mol. The first-order chi connectivity index (χ1) is 13.3. The molecule has 0 spiro atoms. The van der Waals surface area contributed by atoms with Gasteiger partial charge >= 0.3 is 12.0 Å². The molecule has 3 rings (SSSR count). The van der Waals surface area contributed by atoms with Gasteiger partial charge in [0, 0.05) is 32.9 Å². The molecule has 1 aromatic heterocycles. The zero-order chi connectivity index (χ0) is 20.4. The molecule has 0 unspecified atom stereocenters. The molecule has 0 saturated carbocycles. The molecule has 0 radical (unpaired) electrons. The Labute approximate surface area is 162 Å². The van der Waals surface area contributed by atoms with Crippen molar-refractivity contribution in [3.05, 3.63) is 47.0 Å². The smallest absolute Gasteiger partial charge is 0.337 e. The highest BCUT2D eigenvalue weighted by Crippen LogP contribution is 2.20. The van der Waals surface area contributed by atoms with Crippen LogP contribution >= 0.6 is 0 Å². The van der Waals surface area contributed by atoms with Gasteiger partial charge in [0.1, 0.15) is 11.5 Å². The molecule has 0 aliphatic carbocycles. The molecule has 9 nitrogen and oxygen atoms in total. The molecule has 1 aliphatic rings. The van der Waals surface area contributed by atoms with Crippen LogP contribution in [0.5, 0.6) is 0 Å².